The highest BCUT2D eigenvalue weighted by molar-refractivity contribution is 7.90. The highest BCUT2D eigenvalue weighted by atomic mass is 32.2. The number of hydrogen-bond acceptors (Lipinski definition) is 6. The maximum Gasteiger partial charge on any atom is 0.329 e. The van der Waals surface area contributed by atoms with E-state index in [-0.39, 0.29) is 23.1 Å². The Kier molecular flexibility index (Phi) is 5.66. The summed E-state index contributed by atoms with van der Waals surface area (Å²) in [7, 11) is -3.77. The number of esters is 1. The number of ketones is 1. The van der Waals surface area contributed by atoms with Gasteiger partial charge in [0.05, 0.1) is 0 Å². The van der Waals surface area contributed by atoms with Crippen molar-refractivity contribution in [1.82, 2.24) is 4.90 Å². The summed E-state index contributed by atoms with van der Waals surface area (Å²) in [4.78, 5) is 27.0. The minimum absolute atomic E-state index is 0.143. The lowest BCUT2D eigenvalue weighted by molar-refractivity contribution is -0.146. The fraction of sp³-hybridized carbons (Fsp3) is 0.348. The zero-order chi connectivity index (χ0) is 22.2. The highest BCUT2D eigenvalue weighted by Gasteiger charge is 2.40. The largest absolute Gasteiger partial charge is 0.456 e. The molecule has 0 N–H and O–H groups in total. The van der Waals surface area contributed by atoms with Crippen molar-refractivity contribution in [2.75, 3.05) is 13.2 Å². The summed E-state index contributed by atoms with van der Waals surface area (Å²) in [5, 5.41) is 0. The molecule has 2 aliphatic heterocycles. The zero-order valence-corrected chi connectivity index (χ0v) is 18.3. The molecule has 0 spiro atoms. The van der Waals surface area contributed by atoms with Crippen LogP contribution in [0.2, 0.25) is 0 Å². The standard InChI is InChI=1S/C23H24N2O5S/c1-15(2)16-9-11-17(12-10-16)20(26)14-30-23(27)19-7-5-13-25(19)22-18-6-3-4-8-21(18)31(28,29)24-22/h3-4,6,8-12,15,19H,5,7,13-14H2,1-2H3/t19-/m0/s1. The van der Waals surface area contributed by atoms with E-state index >= 15 is 0 Å². The van der Waals surface area contributed by atoms with E-state index in [1.54, 1.807) is 35.2 Å². The SMILES string of the molecule is CC(C)c1ccc(C(=O)COC(=O)[C@@H]2CCCN2C2=NS(=O)(=O)c3ccccc32)cc1. The number of hydrogen-bond donors (Lipinski definition) is 0. The predicted molar refractivity (Wildman–Crippen MR) is 116 cm³/mol. The predicted octanol–water partition coefficient (Wildman–Crippen LogP) is 3.15. The molecule has 0 aliphatic carbocycles. The van der Waals surface area contributed by atoms with Gasteiger partial charge in [0, 0.05) is 17.7 Å². The van der Waals surface area contributed by atoms with Gasteiger partial charge in [-0.1, -0.05) is 50.2 Å². The van der Waals surface area contributed by atoms with E-state index in [0.29, 0.717) is 36.4 Å². The van der Waals surface area contributed by atoms with E-state index < -0.39 is 22.0 Å². The molecule has 0 bridgehead atoms. The third kappa shape index (κ3) is 4.12. The van der Waals surface area contributed by atoms with Crippen molar-refractivity contribution in [2.24, 2.45) is 4.40 Å². The second-order valence-corrected chi connectivity index (χ2v) is 9.62. The third-order valence-electron chi connectivity index (χ3n) is 5.65. The Balaban J connectivity index is 1.45. The van der Waals surface area contributed by atoms with Gasteiger partial charge in [-0.2, -0.15) is 8.42 Å². The molecular weight excluding hydrogens is 416 g/mol. The van der Waals surface area contributed by atoms with Gasteiger partial charge in [-0.3, -0.25) is 4.79 Å². The maximum atomic E-state index is 12.7. The monoisotopic (exact) mass is 440 g/mol. The van der Waals surface area contributed by atoms with Crippen LogP contribution in [0.4, 0.5) is 0 Å². The number of nitrogens with zero attached hydrogens (tertiary/aromatic N) is 2. The molecule has 0 radical (unpaired) electrons. The van der Waals surface area contributed by atoms with E-state index in [2.05, 4.69) is 18.2 Å². The van der Waals surface area contributed by atoms with Gasteiger partial charge in [-0.15, -0.1) is 4.40 Å². The van der Waals surface area contributed by atoms with Gasteiger partial charge >= 0.3 is 5.97 Å². The summed E-state index contributed by atoms with van der Waals surface area (Å²) < 4.78 is 33.9. The van der Waals surface area contributed by atoms with E-state index in [1.165, 1.54) is 6.07 Å². The number of ether oxygens (including phenoxy) is 1. The van der Waals surface area contributed by atoms with Crippen molar-refractivity contribution in [3.05, 3.63) is 65.2 Å². The number of likely N-dealkylation sites (tertiary alicyclic amines) is 1. The molecule has 2 aromatic rings. The second kappa shape index (κ2) is 8.26. The van der Waals surface area contributed by atoms with Gasteiger partial charge < -0.3 is 9.64 Å². The molecule has 162 valence electrons. The van der Waals surface area contributed by atoms with Gasteiger partial charge in [-0.25, -0.2) is 4.79 Å². The van der Waals surface area contributed by atoms with Crippen molar-refractivity contribution in [1.29, 1.82) is 0 Å². The summed E-state index contributed by atoms with van der Waals surface area (Å²) >= 11 is 0. The first-order valence-electron chi connectivity index (χ1n) is 10.3. The Morgan fingerprint density at radius 3 is 2.55 bits per heavy atom. The van der Waals surface area contributed by atoms with Crippen molar-refractivity contribution in [2.45, 2.75) is 43.5 Å². The van der Waals surface area contributed by atoms with E-state index in [1.807, 2.05) is 12.1 Å². The number of benzene rings is 2. The van der Waals surface area contributed by atoms with Gasteiger partial charge in [0.1, 0.15) is 10.9 Å². The zero-order valence-electron chi connectivity index (χ0n) is 17.4. The summed E-state index contributed by atoms with van der Waals surface area (Å²) in [6, 6.07) is 13.2. The number of amidine groups is 1. The van der Waals surface area contributed by atoms with Crippen LogP contribution in [0, 0.1) is 0 Å². The molecular formula is C23H24N2O5S. The third-order valence-corrected chi connectivity index (χ3v) is 6.98. The molecule has 2 aliphatic rings. The Hall–Kier alpha value is -3.00. The lowest BCUT2D eigenvalue weighted by Crippen LogP contribution is -2.41. The van der Waals surface area contributed by atoms with Gasteiger partial charge in [0.2, 0.25) is 0 Å². The van der Waals surface area contributed by atoms with E-state index in [4.69, 9.17) is 4.74 Å². The molecule has 2 aromatic carbocycles. The quantitative estimate of drug-likeness (QED) is 0.524. The molecule has 4 rings (SSSR count). The molecule has 0 saturated carbocycles. The van der Waals surface area contributed by atoms with Crippen molar-refractivity contribution in [3.8, 4) is 0 Å². The first kappa shape index (κ1) is 21.2. The lowest BCUT2D eigenvalue weighted by atomic mass is 10.0. The Morgan fingerprint density at radius 1 is 1.13 bits per heavy atom. The molecule has 7 nitrogen and oxygen atoms in total. The molecule has 0 amide bonds. The van der Waals surface area contributed by atoms with Crippen molar-refractivity contribution >= 4 is 27.6 Å². The number of sulfonamides is 1. The molecule has 31 heavy (non-hydrogen) atoms. The smallest absolute Gasteiger partial charge is 0.329 e. The molecule has 2 heterocycles. The van der Waals surface area contributed by atoms with Crippen LogP contribution < -0.4 is 0 Å². The fourth-order valence-electron chi connectivity index (χ4n) is 3.93. The first-order valence-corrected chi connectivity index (χ1v) is 11.7. The number of Topliss-reactive ketones (excluding diaryl/α,β-unsaturated/α-hetero) is 1. The van der Waals surface area contributed by atoms with Crippen LogP contribution in [-0.2, 0) is 19.6 Å². The molecule has 0 unspecified atom stereocenters. The molecule has 1 fully saturated rings. The van der Waals surface area contributed by atoms with Crippen molar-refractivity contribution < 1.29 is 22.7 Å². The van der Waals surface area contributed by atoms with E-state index in [0.717, 1.165) is 5.56 Å². The average Bonchev–Trinajstić information content (AvgIpc) is 3.35. The van der Waals surface area contributed by atoms with Gasteiger partial charge in [-0.05, 0) is 36.5 Å². The number of carbonyl (C=O) groups is 2. The molecule has 8 heteroatoms. The Bertz CT molecular complexity index is 1150. The molecule has 1 atom stereocenters. The molecule has 1 saturated heterocycles. The van der Waals surface area contributed by atoms with Gasteiger partial charge in [0.15, 0.2) is 18.2 Å². The average molecular weight is 441 g/mol. The van der Waals surface area contributed by atoms with Gasteiger partial charge in [0.25, 0.3) is 10.0 Å². The summed E-state index contributed by atoms with van der Waals surface area (Å²) in [5.41, 5.74) is 2.10. The summed E-state index contributed by atoms with van der Waals surface area (Å²) in [6.45, 7) is 4.28. The summed E-state index contributed by atoms with van der Waals surface area (Å²) in [6.07, 6.45) is 1.21. The van der Waals surface area contributed by atoms with Crippen LogP contribution in [0.5, 0.6) is 0 Å². The van der Waals surface area contributed by atoms with E-state index in [9.17, 15) is 18.0 Å². The van der Waals surface area contributed by atoms with Crippen LogP contribution in [0.25, 0.3) is 0 Å². The number of rotatable bonds is 5. The number of carbonyl (C=O) groups excluding carboxylic acids is 2. The Labute approximate surface area is 181 Å². The maximum absolute atomic E-state index is 12.7. The Morgan fingerprint density at radius 2 is 1.84 bits per heavy atom. The minimum Gasteiger partial charge on any atom is -0.456 e. The minimum atomic E-state index is -3.77. The van der Waals surface area contributed by atoms with Crippen molar-refractivity contribution in [3.63, 3.8) is 0 Å². The second-order valence-electron chi connectivity index (χ2n) is 8.05. The topological polar surface area (TPSA) is 93.1 Å². The normalized spacial score (nSPS) is 19.3. The molecule has 0 aromatic heterocycles. The van der Waals surface area contributed by atoms with Crippen LogP contribution in [0.1, 0.15) is 54.1 Å². The number of fused-ring (bicyclic) bond motifs is 1. The fourth-order valence-corrected chi connectivity index (χ4v) is 5.15. The van der Waals surface area contributed by atoms with Crippen LogP contribution in [0.3, 0.4) is 0 Å². The lowest BCUT2D eigenvalue weighted by Gasteiger charge is -2.24. The van der Waals surface area contributed by atoms with Crippen LogP contribution in [-0.4, -0.2) is 50.1 Å². The van der Waals surface area contributed by atoms with Crippen LogP contribution in [0.15, 0.2) is 57.8 Å². The first-order chi connectivity index (χ1) is 14.8. The summed E-state index contributed by atoms with van der Waals surface area (Å²) in [5.74, 6) is -0.193. The van der Waals surface area contributed by atoms with Crippen LogP contribution >= 0.6 is 0 Å². The highest BCUT2D eigenvalue weighted by Crippen LogP contribution is 2.31.